The Hall–Kier alpha value is -1.33. The van der Waals surface area contributed by atoms with E-state index in [-0.39, 0.29) is 12.1 Å². The van der Waals surface area contributed by atoms with Gasteiger partial charge in [0.05, 0.1) is 18.8 Å². The highest BCUT2D eigenvalue weighted by Gasteiger charge is 2.32. The molecule has 0 unspecified atom stereocenters. The molecule has 1 aliphatic heterocycles. The lowest BCUT2D eigenvalue weighted by atomic mass is 9.91. The normalized spacial score (nSPS) is 18.3. The Kier molecular flexibility index (Phi) is 4.38. The molecule has 0 aromatic carbocycles. The number of anilines is 1. The van der Waals surface area contributed by atoms with Gasteiger partial charge in [-0.25, -0.2) is 4.98 Å². The smallest absolute Gasteiger partial charge is 0.169 e. The second-order valence-corrected chi connectivity index (χ2v) is 4.46. The summed E-state index contributed by atoms with van der Waals surface area (Å²) in [6, 6.07) is 3.72. The monoisotopic (exact) mass is 252 g/mol. The fourth-order valence-corrected chi connectivity index (χ4v) is 2.09. The van der Waals surface area contributed by atoms with Gasteiger partial charge in [-0.15, -0.1) is 0 Å². The molecule has 0 amide bonds. The first-order valence-electron chi connectivity index (χ1n) is 6.34. The molecule has 1 fully saturated rings. The number of aliphatic hydroxyl groups is 1. The van der Waals surface area contributed by atoms with E-state index in [2.05, 4.69) is 10.3 Å². The van der Waals surface area contributed by atoms with Gasteiger partial charge >= 0.3 is 0 Å². The number of nitrogens with zero attached hydrogens (tertiary/aromatic N) is 1. The van der Waals surface area contributed by atoms with Crippen LogP contribution < -0.4 is 10.1 Å². The van der Waals surface area contributed by atoms with E-state index in [0.29, 0.717) is 25.6 Å². The molecule has 0 atom stereocenters. The molecule has 1 aromatic rings. The summed E-state index contributed by atoms with van der Waals surface area (Å²) in [5.41, 5.74) is -0.349. The molecule has 2 rings (SSSR count). The summed E-state index contributed by atoms with van der Waals surface area (Å²) < 4.78 is 10.9. The first-order chi connectivity index (χ1) is 8.79. The Labute approximate surface area is 107 Å². The van der Waals surface area contributed by atoms with Gasteiger partial charge in [0, 0.05) is 19.4 Å². The van der Waals surface area contributed by atoms with E-state index in [1.54, 1.807) is 6.20 Å². The number of nitrogens with one attached hydrogen (secondary N) is 1. The third kappa shape index (κ3) is 2.91. The largest absolute Gasteiger partial charge is 0.490 e. The van der Waals surface area contributed by atoms with Crippen molar-refractivity contribution in [2.75, 3.05) is 31.7 Å². The molecule has 1 aliphatic rings. The molecule has 18 heavy (non-hydrogen) atoms. The van der Waals surface area contributed by atoms with E-state index in [1.165, 1.54) is 0 Å². The molecule has 2 N–H and O–H groups in total. The summed E-state index contributed by atoms with van der Waals surface area (Å²) in [5, 5.41) is 13.0. The second-order valence-electron chi connectivity index (χ2n) is 4.46. The molecule has 0 radical (unpaired) electrons. The van der Waals surface area contributed by atoms with Gasteiger partial charge in [0.25, 0.3) is 0 Å². The first-order valence-corrected chi connectivity index (χ1v) is 6.34. The second kappa shape index (κ2) is 6.02. The van der Waals surface area contributed by atoms with Crippen LogP contribution in [0.4, 0.5) is 5.82 Å². The van der Waals surface area contributed by atoms with Gasteiger partial charge in [0.15, 0.2) is 11.6 Å². The van der Waals surface area contributed by atoms with Crippen molar-refractivity contribution < 1.29 is 14.6 Å². The molecule has 0 spiro atoms. The Morgan fingerprint density at radius 3 is 2.94 bits per heavy atom. The van der Waals surface area contributed by atoms with Gasteiger partial charge in [-0.3, -0.25) is 0 Å². The average Bonchev–Trinajstić information content (AvgIpc) is 2.42. The van der Waals surface area contributed by atoms with Gasteiger partial charge in [0.2, 0.25) is 0 Å². The number of ether oxygens (including phenoxy) is 2. The number of aliphatic hydroxyl groups excluding tert-OH is 1. The van der Waals surface area contributed by atoms with Crippen molar-refractivity contribution in [3.63, 3.8) is 0 Å². The summed E-state index contributed by atoms with van der Waals surface area (Å²) in [6.07, 6.45) is 3.26. The van der Waals surface area contributed by atoms with Gasteiger partial charge in [-0.2, -0.15) is 0 Å². The number of aromatic nitrogens is 1. The Morgan fingerprint density at radius 1 is 1.50 bits per heavy atom. The minimum Gasteiger partial charge on any atom is -0.490 e. The molecule has 2 heterocycles. The zero-order valence-electron chi connectivity index (χ0n) is 10.7. The standard InChI is InChI=1S/C13H20N2O3/c1-2-18-11-4-3-7-14-12(11)15-13(10-16)5-8-17-9-6-13/h3-4,7,16H,2,5-6,8-10H2,1H3,(H,14,15). The summed E-state index contributed by atoms with van der Waals surface area (Å²) in [6.45, 7) is 3.91. The SMILES string of the molecule is CCOc1cccnc1NC1(CO)CCOCC1. The quantitative estimate of drug-likeness (QED) is 0.830. The highest BCUT2D eigenvalue weighted by Crippen LogP contribution is 2.29. The zero-order valence-corrected chi connectivity index (χ0v) is 10.7. The van der Waals surface area contributed by atoms with Crippen LogP contribution in [-0.2, 0) is 4.74 Å². The predicted molar refractivity (Wildman–Crippen MR) is 68.9 cm³/mol. The van der Waals surface area contributed by atoms with Crippen molar-refractivity contribution >= 4 is 5.82 Å². The summed E-state index contributed by atoms with van der Waals surface area (Å²) >= 11 is 0. The predicted octanol–water partition coefficient (Wildman–Crippen LogP) is 1.43. The number of rotatable bonds is 5. The van der Waals surface area contributed by atoms with Crippen LogP contribution in [0, 0.1) is 0 Å². The lowest BCUT2D eigenvalue weighted by Crippen LogP contribution is -2.47. The Bertz CT molecular complexity index is 378. The Morgan fingerprint density at radius 2 is 2.28 bits per heavy atom. The van der Waals surface area contributed by atoms with Crippen molar-refractivity contribution in [2.24, 2.45) is 0 Å². The van der Waals surface area contributed by atoms with Gasteiger partial charge in [-0.1, -0.05) is 0 Å². The molecule has 0 aliphatic carbocycles. The van der Waals surface area contributed by atoms with Crippen molar-refractivity contribution in [2.45, 2.75) is 25.3 Å². The van der Waals surface area contributed by atoms with E-state index in [0.717, 1.165) is 18.6 Å². The van der Waals surface area contributed by atoms with Gasteiger partial charge in [0.1, 0.15) is 0 Å². The highest BCUT2D eigenvalue weighted by molar-refractivity contribution is 5.51. The molecular formula is C13H20N2O3. The molecule has 1 aromatic heterocycles. The van der Waals surface area contributed by atoms with Crippen molar-refractivity contribution in [1.82, 2.24) is 4.98 Å². The van der Waals surface area contributed by atoms with Crippen LogP contribution >= 0.6 is 0 Å². The third-order valence-corrected chi connectivity index (χ3v) is 3.21. The molecule has 0 saturated carbocycles. The first kappa shape index (κ1) is 13.1. The average molecular weight is 252 g/mol. The minimum atomic E-state index is -0.349. The minimum absolute atomic E-state index is 0.0680. The third-order valence-electron chi connectivity index (χ3n) is 3.21. The summed E-state index contributed by atoms with van der Waals surface area (Å²) in [4.78, 5) is 4.30. The Balaban J connectivity index is 2.15. The summed E-state index contributed by atoms with van der Waals surface area (Å²) in [7, 11) is 0. The maximum Gasteiger partial charge on any atom is 0.169 e. The van der Waals surface area contributed by atoms with Crippen LogP contribution in [0.15, 0.2) is 18.3 Å². The maximum absolute atomic E-state index is 9.64. The van der Waals surface area contributed by atoms with Crippen LogP contribution in [-0.4, -0.2) is 42.1 Å². The summed E-state index contributed by atoms with van der Waals surface area (Å²) in [5.74, 6) is 1.41. The topological polar surface area (TPSA) is 63.6 Å². The zero-order chi connectivity index (χ0) is 12.8. The number of hydrogen-bond donors (Lipinski definition) is 2. The molecule has 5 nitrogen and oxygen atoms in total. The van der Waals surface area contributed by atoms with Crippen LogP contribution in [0.2, 0.25) is 0 Å². The van der Waals surface area contributed by atoms with Crippen molar-refractivity contribution in [3.8, 4) is 5.75 Å². The van der Waals surface area contributed by atoms with Crippen molar-refractivity contribution in [3.05, 3.63) is 18.3 Å². The number of hydrogen-bond acceptors (Lipinski definition) is 5. The van der Waals surface area contributed by atoms with E-state index in [4.69, 9.17) is 9.47 Å². The van der Waals surface area contributed by atoms with Crippen molar-refractivity contribution in [1.29, 1.82) is 0 Å². The number of pyridine rings is 1. The van der Waals surface area contributed by atoms with Gasteiger partial charge in [-0.05, 0) is 31.9 Å². The van der Waals surface area contributed by atoms with Crippen LogP contribution in [0.5, 0.6) is 5.75 Å². The van der Waals surface area contributed by atoms with Crippen LogP contribution in [0.1, 0.15) is 19.8 Å². The highest BCUT2D eigenvalue weighted by atomic mass is 16.5. The lowest BCUT2D eigenvalue weighted by Gasteiger charge is -2.37. The van der Waals surface area contributed by atoms with Crippen LogP contribution in [0.25, 0.3) is 0 Å². The maximum atomic E-state index is 9.64. The molecular weight excluding hydrogens is 232 g/mol. The van der Waals surface area contributed by atoms with E-state index in [1.807, 2.05) is 19.1 Å². The van der Waals surface area contributed by atoms with E-state index in [9.17, 15) is 5.11 Å². The van der Waals surface area contributed by atoms with E-state index < -0.39 is 0 Å². The molecule has 0 bridgehead atoms. The van der Waals surface area contributed by atoms with Gasteiger partial charge < -0.3 is 19.9 Å². The molecule has 100 valence electrons. The van der Waals surface area contributed by atoms with Crippen LogP contribution in [0.3, 0.4) is 0 Å². The van der Waals surface area contributed by atoms with E-state index >= 15 is 0 Å². The fourth-order valence-electron chi connectivity index (χ4n) is 2.09. The lowest BCUT2D eigenvalue weighted by molar-refractivity contribution is 0.0377. The molecule has 1 saturated heterocycles. The molecule has 5 heteroatoms. The fraction of sp³-hybridized carbons (Fsp3) is 0.615.